The van der Waals surface area contributed by atoms with Gasteiger partial charge >= 0.3 is 0 Å². The Balaban J connectivity index is 1.95. The Bertz CT molecular complexity index is 1040. The number of aryl methyl sites for hydroxylation is 1. The number of amides is 1. The van der Waals surface area contributed by atoms with Crippen LogP contribution in [0.4, 0.5) is 5.82 Å². The highest BCUT2D eigenvalue weighted by molar-refractivity contribution is 5.97. The predicted molar refractivity (Wildman–Crippen MR) is 98.8 cm³/mol. The number of nitrogens with one attached hydrogen (secondary N) is 1. The highest BCUT2D eigenvalue weighted by Crippen LogP contribution is 2.14. The summed E-state index contributed by atoms with van der Waals surface area (Å²) in [6.07, 6.45) is 0.583. The standard InChI is InChI=1S/C19H18N4O3/c1-12-2-4-13(5-3-12)11-21-18(25)15-10-14-6-7-16(20)22-17(14)23(8-9-24)19(15)26/h2-7,9-10H,8,11H2,1H3,(H2,20,22)(H,21,25). The Kier molecular flexibility index (Phi) is 4.79. The molecule has 0 atom stereocenters. The molecule has 0 aliphatic carbocycles. The third-order valence-electron chi connectivity index (χ3n) is 4.03. The van der Waals surface area contributed by atoms with E-state index in [9.17, 15) is 14.4 Å². The molecule has 0 fully saturated rings. The molecule has 1 amide bonds. The van der Waals surface area contributed by atoms with Gasteiger partial charge in [0.15, 0.2) is 0 Å². The van der Waals surface area contributed by atoms with Gasteiger partial charge in [0, 0.05) is 11.9 Å². The minimum Gasteiger partial charge on any atom is -0.384 e. The number of fused-ring (bicyclic) bond motifs is 1. The minimum absolute atomic E-state index is 0.0435. The molecule has 2 aromatic heterocycles. The van der Waals surface area contributed by atoms with Crippen molar-refractivity contribution in [2.45, 2.75) is 20.0 Å². The Labute approximate surface area is 149 Å². The Hall–Kier alpha value is -3.48. The van der Waals surface area contributed by atoms with Gasteiger partial charge in [-0.2, -0.15) is 0 Å². The predicted octanol–water partition coefficient (Wildman–Crippen LogP) is 1.42. The first-order valence-electron chi connectivity index (χ1n) is 8.07. The van der Waals surface area contributed by atoms with Crippen molar-refractivity contribution >= 4 is 29.0 Å². The average molecular weight is 350 g/mol. The molecule has 0 radical (unpaired) electrons. The van der Waals surface area contributed by atoms with E-state index >= 15 is 0 Å². The van der Waals surface area contributed by atoms with E-state index in [1.54, 1.807) is 12.1 Å². The number of rotatable bonds is 5. The maximum Gasteiger partial charge on any atom is 0.265 e. The Morgan fingerprint density at radius 3 is 2.65 bits per heavy atom. The molecule has 3 N–H and O–H groups in total. The van der Waals surface area contributed by atoms with Crippen molar-refractivity contribution in [1.29, 1.82) is 0 Å². The van der Waals surface area contributed by atoms with Gasteiger partial charge < -0.3 is 15.8 Å². The van der Waals surface area contributed by atoms with Crippen LogP contribution < -0.4 is 16.6 Å². The van der Waals surface area contributed by atoms with E-state index in [1.807, 2.05) is 31.2 Å². The number of aldehydes is 1. The largest absolute Gasteiger partial charge is 0.384 e. The highest BCUT2D eigenvalue weighted by Gasteiger charge is 2.16. The molecular formula is C19H18N4O3. The van der Waals surface area contributed by atoms with Gasteiger partial charge in [0.2, 0.25) is 0 Å². The molecule has 0 aliphatic heterocycles. The lowest BCUT2D eigenvalue weighted by atomic mass is 10.1. The number of pyridine rings is 2. The number of carbonyl (C=O) groups is 2. The Morgan fingerprint density at radius 2 is 1.96 bits per heavy atom. The summed E-state index contributed by atoms with van der Waals surface area (Å²) in [5.41, 5.74) is 7.36. The fourth-order valence-corrected chi connectivity index (χ4v) is 2.65. The van der Waals surface area contributed by atoms with Gasteiger partial charge in [0.25, 0.3) is 11.5 Å². The van der Waals surface area contributed by atoms with Crippen molar-refractivity contribution < 1.29 is 9.59 Å². The van der Waals surface area contributed by atoms with Crippen LogP contribution in [0.2, 0.25) is 0 Å². The van der Waals surface area contributed by atoms with Gasteiger partial charge in [-0.05, 0) is 30.7 Å². The normalized spacial score (nSPS) is 10.7. The Morgan fingerprint density at radius 1 is 1.23 bits per heavy atom. The van der Waals surface area contributed by atoms with E-state index in [-0.39, 0.29) is 23.6 Å². The second-order valence-corrected chi connectivity index (χ2v) is 5.96. The molecule has 3 aromatic rings. The van der Waals surface area contributed by atoms with Crippen LogP contribution in [-0.2, 0) is 17.9 Å². The number of benzene rings is 1. The summed E-state index contributed by atoms with van der Waals surface area (Å²) < 4.78 is 1.15. The number of aromatic nitrogens is 2. The molecule has 26 heavy (non-hydrogen) atoms. The van der Waals surface area contributed by atoms with Gasteiger partial charge in [0.1, 0.15) is 23.3 Å². The second kappa shape index (κ2) is 7.18. The molecule has 0 aliphatic rings. The van der Waals surface area contributed by atoms with Crippen LogP contribution in [0.25, 0.3) is 11.0 Å². The van der Waals surface area contributed by atoms with Crippen LogP contribution in [0.15, 0.2) is 47.3 Å². The zero-order chi connectivity index (χ0) is 18.7. The van der Waals surface area contributed by atoms with Crippen LogP contribution >= 0.6 is 0 Å². The van der Waals surface area contributed by atoms with Gasteiger partial charge in [0.05, 0.1) is 6.54 Å². The number of nitrogens with zero attached hydrogens (tertiary/aromatic N) is 2. The van der Waals surface area contributed by atoms with E-state index in [4.69, 9.17) is 5.73 Å². The third kappa shape index (κ3) is 3.46. The minimum atomic E-state index is -0.580. The maximum atomic E-state index is 12.6. The van der Waals surface area contributed by atoms with Gasteiger partial charge in [-0.15, -0.1) is 0 Å². The van der Waals surface area contributed by atoms with E-state index in [0.717, 1.165) is 15.7 Å². The van der Waals surface area contributed by atoms with Crippen LogP contribution in [0, 0.1) is 6.92 Å². The zero-order valence-electron chi connectivity index (χ0n) is 14.2. The van der Waals surface area contributed by atoms with Crippen LogP contribution in [0.1, 0.15) is 21.5 Å². The highest BCUT2D eigenvalue weighted by atomic mass is 16.2. The van der Waals surface area contributed by atoms with Gasteiger partial charge in [-0.25, -0.2) is 4.98 Å². The summed E-state index contributed by atoms with van der Waals surface area (Å²) in [4.78, 5) is 40.2. The molecule has 3 rings (SSSR count). The first-order valence-corrected chi connectivity index (χ1v) is 8.07. The lowest BCUT2D eigenvalue weighted by Gasteiger charge is -2.11. The number of anilines is 1. The average Bonchev–Trinajstić information content (AvgIpc) is 2.63. The van der Waals surface area contributed by atoms with Gasteiger partial charge in [-0.3, -0.25) is 14.2 Å². The summed E-state index contributed by atoms with van der Waals surface area (Å²) >= 11 is 0. The van der Waals surface area contributed by atoms with E-state index in [0.29, 0.717) is 18.2 Å². The van der Waals surface area contributed by atoms with E-state index in [1.165, 1.54) is 6.07 Å². The molecule has 0 spiro atoms. The number of hydrogen-bond acceptors (Lipinski definition) is 5. The second-order valence-electron chi connectivity index (χ2n) is 5.96. The summed E-state index contributed by atoms with van der Waals surface area (Å²) in [5.74, 6) is -0.276. The SMILES string of the molecule is Cc1ccc(CNC(=O)c2cc3ccc(N)nc3n(CC=O)c2=O)cc1. The van der Waals surface area contributed by atoms with E-state index in [2.05, 4.69) is 10.3 Å². The molecule has 7 heteroatoms. The van der Waals surface area contributed by atoms with Gasteiger partial charge in [-0.1, -0.05) is 29.8 Å². The molecule has 7 nitrogen and oxygen atoms in total. The molecular weight excluding hydrogens is 332 g/mol. The number of carbonyl (C=O) groups excluding carboxylic acids is 2. The zero-order valence-corrected chi connectivity index (χ0v) is 14.2. The molecule has 1 aromatic carbocycles. The number of hydrogen-bond donors (Lipinski definition) is 2. The van der Waals surface area contributed by atoms with Crippen molar-refractivity contribution in [2.24, 2.45) is 0 Å². The fourth-order valence-electron chi connectivity index (χ4n) is 2.65. The van der Waals surface area contributed by atoms with Crippen LogP contribution in [-0.4, -0.2) is 21.7 Å². The summed E-state index contributed by atoms with van der Waals surface area (Å²) in [7, 11) is 0. The van der Waals surface area contributed by atoms with Crippen molar-refractivity contribution in [3.8, 4) is 0 Å². The van der Waals surface area contributed by atoms with Crippen molar-refractivity contribution in [3.05, 3.63) is 69.5 Å². The maximum absolute atomic E-state index is 12.6. The molecule has 132 valence electrons. The number of nitrogen functional groups attached to an aromatic ring is 1. The summed E-state index contributed by atoms with van der Waals surface area (Å²) in [6, 6.07) is 12.4. The molecule has 0 unspecified atom stereocenters. The first kappa shape index (κ1) is 17.3. The lowest BCUT2D eigenvalue weighted by Crippen LogP contribution is -2.33. The molecule has 2 heterocycles. The molecule has 0 bridgehead atoms. The monoisotopic (exact) mass is 350 g/mol. The van der Waals surface area contributed by atoms with Crippen LogP contribution in [0.3, 0.4) is 0 Å². The van der Waals surface area contributed by atoms with Crippen molar-refractivity contribution in [2.75, 3.05) is 5.73 Å². The first-order chi connectivity index (χ1) is 12.5. The summed E-state index contributed by atoms with van der Waals surface area (Å²) in [5, 5.41) is 3.29. The third-order valence-corrected chi connectivity index (χ3v) is 4.03. The van der Waals surface area contributed by atoms with Crippen LogP contribution in [0.5, 0.6) is 0 Å². The molecule has 0 saturated heterocycles. The van der Waals surface area contributed by atoms with Crippen molar-refractivity contribution in [1.82, 2.24) is 14.9 Å². The smallest absolute Gasteiger partial charge is 0.265 e. The fraction of sp³-hybridized carbons (Fsp3) is 0.158. The summed E-state index contributed by atoms with van der Waals surface area (Å²) in [6.45, 7) is 2.07. The topological polar surface area (TPSA) is 107 Å². The van der Waals surface area contributed by atoms with E-state index < -0.39 is 11.5 Å². The number of nitrogens with two attached hydrogens (primary N) is 1. The molecule has 0 saturated carbocycles. The quantitative estimate of drug-likeness (QED) is 0.677. The lowest BCUT2D eigenvalue weighted by molar-refractivity contribution is -0.108. The van der Waals surface area contributed by atoms with Crippen molar-refractivity contribution in [3.63, 3.8) is 0 Å².